The fraction of sp³-hybridized carbons (Fsp3) is 0.600. The zero-order chi connectivity index (χ0) is 10.2. The number of hydrogen-bond acceptors (Lipinski definition) is 4. The minimum Gasteiger partial charge on any atom is -0.477 e. The summed E-state index contributed by atoms with van der Waals surface area (Å²) < 4.78 is 5.24. The second-order valence-corrected chi connectivity index (χ2v) is 2.96. The second-order valence-electron chi connectivity index (χ2n) is 2.96. The molecule has 0 saturated carbocycles. The summed E-state index contributed by atoms with van der Waals surface area (Å²) in [5.41, 5.74) is 0. The first kappa shape index (κ1) is 10.8. The molecule has 0 fully saturated rings. The van der Waals surface area contributed by atoms with Crippen LogP contribution >= 0.6 is 0 Å². The number of anilines is 1. The van der Waals surface area contributed by atoms with Gasteiger partial charge >= 0.3 is 0 Å². The van der Waals surface area contributed by atoms with Crippen LogP contribution in [0.4, 0.5) is 5.82 Å². The number of nitrogens with zero attached hydrogens (tertiary/aromatic N) is 2. The van der Waals surface area contributed by atoms with Crippen molar-refractivity contribution in [1.29, 1.82) is 0 Å². The lowest BCUT2D eigenvalue weighted by atomic mass is 10.3. The van der Waals surface area contributed by atoms with Gasteiger partial charge in [0.1, 0.15) is 5.82 Å². The third kappa shape index (κ3) is 3.60. The number of rotatable bonds is 6. The van der Waals surface area contributed by atoms with E-state index in [2.05, 4.69) is 22.2 Å². The van der Waals surface area contributed by atoms with Gasteiger partial charge in [-0.15, -0.1) is 0 Å². The van der Waals surface area contributed by atoms with Crippen molar-refractivity contribution in [2.45, 2.75) is 26.7 Å². The molecule has 0 aliphatic heterocycles. The molecule has 0 radical (unpaired) electrons. The fourth-order valence-electron chi connectivity index (χ4n) is 1.04. The minimum absolute atomic E-state index is 0.578. The van der Waals surface area contributed by atoms with Crippen molar-refractivity contribution in [3.8, 4) is 5.88 Å². The summed E-state index contributed by atoms with van der Waals surface area (Å²) in [6.07, 6.45) is 5.64. The number of aromatic nitrogens is 2. The molecule has 0 aromatic carbocycles. The molecule has 0 aliphatic rings. The molecule has 14 heavy (non-hydrogen) atoms. The molecule has 1 heterocycles. The van der Waals surface area contributed by atoms with Gasteiger partial charge in [-0.25, -0.2) is 0 Å². The van der Waals surface area contributed by atoms with Crippen LogP contribution in [-0.4, -0.2) is 23.1 Å². The molecule has 0 spiro atoms. The van der Waals surface area contributed by atoms with Crippen molar-refractivity contribution in [2.75, 3.05) is 18.5 Å². The van der Waals surface area contributed by atoms with E-state index < -0.39 is 0 Å². The Morgan fingerprint density at radius 2 is 2.21 bits per heavy atom. The predicted molar refractivity (Wildman–Crippen MR) is 56.6 cm³/mol. The Bertz CT molecular complexity index is 265. The zero-order valence-electron chi connectivity index (χ0n) is 8.79. The topological polar surface area (TPSA) is 47.0 Å². The average molecular weight is 195 g/mol. The highest BCUT2D eigenvalue weighted by molar-refractivity contribution is 5.32. The molecule has 0 saturated heterocycles. The summed E-state index contributed by atoms with van der Waals surface area (Å²) in [5.74, 6) is 1.36. The van der Waals surface area contributed by atoms with Gasteiger partial charge in [-0.05, 0) is 13.3 Å². The van der Waals surface area contributed by atoms with E-state index in [0.29, 0.717) is 12.5 Å². The van der Waals surface area contributed by atoms with Crippen molar-refractivity contribution >= 4 is 5.82 Å². The van der Waals surface area contributed by atoms with Crippen LogP contribution in [0.25, 0.3) is 0 Å². The van der Waals surface area contributed by atoms with E-state index in [0.717, 1.165) is 18.8 Å². The Hall–Kier alpha value is -1.32. The lowest BCUT2D eigenvalue weighted by Crippen LogP contribution is -2.04. The molecule has 1 aromatic heterocycles. The van der Waals surface area contributed by atoms with E-state index in [1.165, 1.54) is 6.42 Å². The molecule has 0 aliphatic carbocycles. The van der Waals surface area contributed by atoms with Crippen LogP contribution in [0.2, 0.25) is 0 Å². The van der Waals surface area contributed by atoms with Gasteiger partial charge in [-0.2, -0.15) is 4.98 Å². The third-order valence-electron chi connectivity index (χ3n) is 1.74. The SMILES string of the molecule is CCCCNc1cncc(OCC)n1. The van der Waals surface area contributed by atoms with E-state index >= 15 is 0 Å². The van der Waals surface area contributed by atoms with Crippen LogP contribution in [0.3, 0.4) is 0 Å². The van der Waals surface area contributed by atoms with Crippen molar-refractivity contribution in [2.24, 2.45) is 0 Å². The molecule has 4 heteroatoms. The Labute approximate surface area is 84.7 Å². The van der Waals surface area contributed by atoms with Crippen LogP contribution in [0.15, 0.2) is 12.4 Å². The van der Waals surface area contributed by atoms with Crippen LogP contribution in [0.1, 0.15) is 26.7 Å². The maximum absolute atomic E-state index is 5.24. The van der Waals surface area contributed by atoms with E-state index in [9.17, 15) is 0 Å². The number of ether oxygens (including phenoxy) is 1. The fourth-order valence-corrected chi connectivity index (χ4v) is 1.04. The number of nitrogens with one attached hydrogen (secondary N) is 1. The lowest BCUT2D eigenvalue weighted by molar-refractivity contribution is 0.325. The standard InChI is InChI=1S/C10H17N3O/c1-3-5-6-12-9-7-11-8-10(13-9)14-4-2/h7-8H,3-6H2,1-2H3,(H,12,13). The van der Waals surface area contributed by atoms with E-state index in [1.807, 2.05) is 6.92 Å². The van der Waals surface area contributed by atoms with Gasteiger partial charge in [0.05, 0.1) is 19.0 Å². The van der Waals surface area contributed by atoms with Crippen LogP contribution in [-0.2, 0) is 0 Å². The van der Waals surface area contributed by atoms with E-state index in [-0.39, 0.29) is 0 Å². The molecule has 1 aromatic rings. The summed E-state index contributed by atoms with van der Waals surface area (Å²) in [7, 11) is 0. The monoisotopic (exact) mass is 195 g/mol. The van der Waals surface area contributed by atoms with Crippen LogP contribution in [0.5, 0.6) is 5.88 Å². The summed E-state index contributed by atoms with van der Waals surface area (Å²) >= 11 is 0. The van der Waals surface area contributed by atoms with Crippen molar-refractivity contribution in [3.63, 3.8) is 0 Å². The van der Waals surface area contributed by atoms with Gasteiger partial charge in [-0.3, -0.25) is 4.98 Å². The summed E-state index contributed by atoms with van der Waals surface area (Å²) in [6.45, 7) is 5.64. The molecule has 4 nitrogen and oxygen atoms in total. The third-order valence-corrected chi connectivity index (χ3v) is 1.74. The number of hydrogen-bond donors (Lipinski definition) is 1. The highest BCUT2D eigenvalue weighted by Gasteiger charge is 1.97. The largest absolute Gasteiger partial charge is 0.477 e. The number of unbranched alkanes of at least 4 members (excludes halogenated alkanes) is 1. The van der Waals surface area contributed by atoms with Crippen molar-refractivity contribution < 1.29 is 4.74 Å². The maximum Gasteiger partial charge on any atom is 0.234 e. The molecule has 0 bridgehead atoms. The van der Waals surface area contributed by atoms with Gasteiger partial charge < -0.3 is 10.1 Å². The smallest absolute Gasteiger partial charge is 0.234 e. The highest BCUT2D eigenvalue weighted by Crippen LogP contribution is 2.08. The second kappa shape index (κ2) is 6.18. The summed E-state index contributed by atoms with van der Waals surface area (Å²) in [4.78, 5) is 8.27. The van der Waals surface area contributed by atoms with Gasteiger partial charge in [0.25, 0.3) is 0 Å². The summed E-state index contributed by atoms with van der Waals surface area (Å²) in [5, 5.41) is 3.19. The van der Waals surface area contributed by atoms with Gasteiger partial charge in [0.15, 0.2) is 0 Å². The predicted octanol–water partition coefficient (Wildman–Crippen LogP) is 2.09. The first-order valence-electron chi connectivity index (χ1n) is 5.05. The molecule has 78 valence electrons. The normalized spacial score (nSPS) is 9.86. The molecular formula is C10H17N3O. The average Bonchev–Trinajstić information content (AvgIpc) is 2.19. The van der Waals surface area contributed by atoms with Crippen LogP contribution in [0, 0.1) is 0 Å². The lowest BCUT2D eigenvalue weighted by Gasteiger charge is -2.05. The zero-order valence-corrected chi connectivity index (χ0v) is 8.79. The Morgan fingerprint density at radius 1 is 1.36 bits per heavy atom. The van der Waals surface area contributed by atoms with E-state index in [4.69, 9.17) is 4.74 Å². The van der Waals surface area contributed by atoms with Gasteiger partial charge in [0, 0.05) is 6.54 Å². The van der Waals surface area contributed by atoms with E-state index in [1.54, 1.807) is 12.4 Å². The Balaban J connectivity index is 2.46. The Kier molecular flexibility index (Phi) is 4.75. The molecule has 0 atom stereocenters. The molecule has 1 rings (SSSR count). The van der Waals surface area contributed by atoms with Crippen molar-refractivity contribution in [3.05, 3.63) is 12.4 Å². The summed E-state index contributed by atoms with van der Waals surface area (Å²) in [6, 6.07) is 0. The highest BCUT2D eigenvalue weighted by atomic mass is 16.5. The molecule has 0 amide bonds. The quantitative estimate of drug-likeness (QED) is 0.706. The first-order valence-corrected chi connectivity index (χ1v) is 5.05. The molecule has 0 unspecified atom stereocenters. The van der Waals surface area contributed by atoms with Gasteiger partial charge in [0.2, 0.25) is 5.88 Å². The maximum atomic E-state index is 5.24. The Morgan fingerprint density at radius 3 is 2.93 bits per heavy atom. The van der Waals surface area contributed by atoms with Crippen molar-refractivity contribution in [1.82, 2.24) is 9.97 Å². The first-order chi connectivity index (χ1) is 6.86. The molecule has 1 N–H and O–H groups in total. The van der Waals surface area contributed by atoms with Crippen LogP contribution < -0.4 is 10.1 Å². The minimum atomic E-state index is 0.578. The van der Waals surface area contributed by atoms with Gasteiger partial charge in [-0.1, -0.05) is 13.3 Å². The molecular weight excluding hydrogens is 178 g/mol.